The topological polar surface area (TPSA) is 95.6 Å². The highest BCUT2D eigenvalue weighted by atomic mass is 15.3. The van der Waals surface area contributed by atoms with Crippen LogP contribution in [0.3, 0.4) is 0 Å². The van der Waals surface area contributed by atoms with Gasteiger partial charge >= 0.3 is 0 Å². The van der Waals surface area contributed by atoms with Crippen LogP contribution in [0.15, 0.2) is 12.3 Å². The normalized spacial score (nSPS) is 10.8. The third kappa shape index (κ3) is 2.42. The standard InChI is InChI=1S/C12H18N6/c1-3-9-6-10(18(4-2)17-9)5-8-7-15-12(14)16-11(8)13/h6-7H,3-5H2,1-2H3,(H4,13,14,15,16). The van der Waals surface area contributed by atoms with E-state index in [0.29, 0.717) is 12.2 Å². The number of nitrogens with zero attached hydrogens (tertiary/aromatic N) is 4. The molecular weight excluding hydrogens is 228 g/mol. The zero-order chi connectivity index (χ0) is 13.1. The van der Waals surface area contributed by atoms with Crippen molar-refractivity contribution in [3.05, 3.63) is 29.2 Å². The molecule has 0 fully saturated rings. The van der Waals surface area contributed by atoms with E-state index in [0.717, 1.165) is 29.9 Å². The Balaban J connectivity index is 2.30. The van der Waals surface area contributed by atoms with Gasteiger partial charge in [-0.2, -0.15) is 10.1 Å². The minimum absolute atomic E-state index is 0.203. The Morgan fingerprint density at radius 3 is 2.67 bits per heavy atom. The molecule has 2 heterocycles. The molecule has 0 aliphatic heterocycles. The van der Waals surface area contributed by atoms with Crippen molar-refractivity contribution < 1.29 is 0 Å². The van der Waals surface area contributed by atoms with Gasteiger partial charge in [0, 0.05) is 30.4 Å². The van der Waals surface area contributed by atoms with Crippen LogP contribution in [-0.4, -0.2) is 19.7 Å². The van der Waals surface area contributed by atoms with Gasteiger partial charge in [0.1, 0.15) is 5.82 Å². The molecule has 2 aromatic heterocycles. The highest BCUT2D eigenvalue weighted by Gasteiger charge is 2.09. The Labute approximate surface area is 106 Å². The molecular formula is C12H18N6. The van der Waals surface area contributed by atoms with Crippen molar-refractivity contribution >= 4 is 11.8 Å². The van der Waals surface area contributed by atoms with Crippen LogP contribution in [0.1, 0.15) is 30.8 Å². The molecule has 0 aliphatic rings. The van der Waals surface area contributed by atoms with E-state index in [1.165, 1.54) is 0 Å². The fourth-order valence-electron chi connectivity index (χ4n) is 1.87. The summed E-state index contributed by atoms with van der Waals surface area (Å²) in [5.41, 5.74) is 14.4. The first-order chi connectivity index (χ1) is 8.63. The van der Waals surface area contributed by atoms with Gasteiger partial charge in [-0.25, -0.2) is 4.98 Å². The molecule has 0 spiro atoms. The lowest BCUT2D eigenvalue weighted by molar-refractivity contribution is 0.621. The second-order valence-corrected chi connectivity index (χ2v) is 4.11. The highest BCUT2D eigenvalue weighted by Crippen LogP contribution is 2.16. The van der Waals surface area contributed by atoms with E-state index in [4.69, 9.17) is 11.5 Å². The molecule has 96 valence electrons. The predicted molar refractivity (Wildman–Crippen MR) is 70.9 cm³/mol. The first kappa shape index (κ1) is 12.3. The second-order valence-electron chi connectivity index (χ2n) is 4.11. The van der Waals surface area contributed by atoms with Crippen molar-refractivity contribution in [2.75, 3.05) is 11.5 Å². The van der Waals surface area contributed by atoms with Crippen LogP contribution in [0.5, 0.6) is 0 Å². The van der Waals surface area contributed by atoms with E-state index in [1.807, 2.05) is 4.68 Å². The van der Waals surface area contributed by atoms with Crippen molar-refractivity contribution in [1.82, 2.24) is 19.7 Å². The highest BCUT2D eigenvalue weighted by molar-refractivity contribution is 5.43. The van der Waals surface area contributed by atoms with Crippen LogP contribution in [0.25, 0.3) is 0 Å². The molecule has 0 atom stereocenters. The first-order valence-corrected chi connectivity index (χ1v) is 6.06. The van der Waals surface area contributed by atoms with Gasteiger partial charge in [-0.3, -0.25) is 4.68 Å². The number of aromatic nitrogens is 4. The Hall–Kier alpha value is -2.11. The van der Waals surface area contributed by atoms with Gasteiger partial charge < -0.3 is 11.5 Å². The summed E-state index contributed by atoms with van der Waals surface area (Å²) in [6.07, 6.45) is 3.27. The quantitative estimate of drug-likeness (QED) is 0.839. The van der Waals surface area contributed by atoms with Crippen LogP contribution in [0.4, 0.5) is 11.8 Å². The largest absolute Gasteiger partial charge is 0.383 e. The molecule has 0 unspecified atom stereocenters. The zero-order valence-corrected chi connectivity index (χ0v) is 10.7. The maximum absolute atomic E-state index is 5.84. The summed E-state index contributed by atoms with van der Waals surface area (Å²) in [6, 6.07) is 2.10. The monoisotopic (exact) mass is 246 g/mol. The van der Waals surface area contributed by atoms with Gasteiger partial charge in [0.05, 0.1) is 5.69 Å². The van der Waals surface area contributed by atoms with Gasteiger partial charge in [0.2, 0.25) is 5.95 Å². The number of anilines is 2. The van der Waals surface area contributed by atoms with Crippen molar-refractivity contribution in [2.24, 2.45) is 0 Å². The molecule has 6 nitrogen and oxygen atoms in total. The molecule has 2 aromatic rings. The minimum Gasteiger partial charge on any atom is -0.383 e. The van der Waals surface area contributed by atoms with E-state index in [2.05, 4.69) is 35.0 Å². The molecule has 18 heavy (non-hydrogen) atoms. The third-order valence-corrected chi connectivity index (χ3v) is 2.86. The number of hydrogen-bond acceptors (Lipinski definition) is 5. The lowest BCUT2D eigenvalue weighted by Crippen LogP contribution is -2.07. The number of hydrogen-bond donors (Lipinski definition) is 2. The van der Waals surface area contributed by atoms with Gasteiger partial charge in [-0.15, -0.1) is 0 Å². The summed E-state index contributed by atoms with van der Waals surface area (Å²) in [4.78, 5) is 7.94. The van der Waals surface area contributed by atoms with Gasteiger partial charge in [0.25, 0.3) is 0 Å². The molecule has 0 radical (unpaired) electrons. The summed E-state index contributed by atoms with van der Waals surface area (Å²) in [7, 11) is 0. The number of rotatable bonds is 4. The molecule has 6 heteroatoms. The zero-order valence-electron chi connectivity index (χ0n) is 10.7. The molecule has 0 amide bonds. The van der Waals surface area contributed by atoms with E-state index >= 15 is 0 Å². The lowest BCUT2D eigenvalue weighted by atomic mass is 10.1. The predicted octanol–water partition coefficient (Wildman–Crippen LogP) is 1.01. The third-order valence-electron chi connectivity index (χ3n) is 2.86. The smallest absolute Gasteiger partial charge is 0.221 e. The van der Waals surface area contributed by atoms with Gasteiger partial charge in [0.15, 0.2) is 0 Å². The number of nitrogens with two attached hydrogens (primary N) is 2. The SMILES string of the molecule is CCc1cc(Cc2cnc(N)nc2N)n(CC)n1. The molecule has 4 N–H and O–H groups in total. The van der Waals surface area contributed by atoms with E-state index in [1.54, 1.807) is 6.20 Å². The van der Waals surface area contributed by atoms with Crippen LogP contribution in [0, 0.1) is 0 Å². The van der Waals surface area contributed by atoms with Crippen LogP contribution in [0.2, 0.25) is 0 Å². The van der Waals surface area contributed by atoms with Crippen molar-refractivity contribution in [2.45, 2.75) is 33.2 Å². The molecule has 2 rings (SSSR count). The first-order valence-electron chi connectivity index (χ1n) is 6.06. The molecule has 0 aromatic carbocycles. The van der Waals surface area contributed by atoms with Crippen molar-refractivity contribution in [3.63, 3.8) is 0 Å². The molecule has 0 saturated heterocycles. The van der Waals surface area contributed by atoms with Crippen LogP contribution >= 0.6 is 0 Å². The second kappa shape index (κ2) is 5.03. The Kier molecular flexibility index (Phi) is 3.45. The minimum atomic E-state index is 0.203. The lowest BCUT2D eigenvalue weighted by Gasteiger charge is -2.06. The van der Waals surface area contributed by atoms with E-state index < -0.39 is 0 Å². The summed E-state index contributed by atoms with van der Waals surface area (Å²) >= 11 is 0. The summed E-state index contributed by atoms with van der Waals surface area (Å²) in [5, 5.41) is 4.50. The summed E-state index contributed by atoms with van der Waals surface area (Å²) < 4.78 is 1.98. The Bertz CT molecular complexity index is 545. The van der Waals surface area contributed by atoms with E-state index in [9.17, 15) is 0 Å². The Morgan fingerprint density at radius 2 is 2.06 bits per heavy atom. The maximum Gasteiger partial charge on any atom is 0.221 e. The van der Waals surface area contributed by atoms with Gasteiger partial charge in [-0.05, 0) is 19.4 Å². The van der Waals surface area contributed by atoms with Gasteiger partial charge in [-0.1, -0.05) is 6.92 Å². The number of nitrogen functional groups attached to an aromatic ring is 2. The average Bonchev–Trinajstić information content (AvgIpc) is 2.75. The molecule has 0 bridgehead atoms. The fraction of sp³-hybridized carbons (Fsp3) is 0.417. The Morgan fingerprint density at radius 1 is 1.28 bits per heavy atom. The number of aryl methyl sites for hydroxylation is 2. The fourth-order valence-corrected chi connectivity index (χ4v) is 1.87. The van der Waals surface area contributed by atoms with Crippen molar-refractivity contribution in [1.29, 1.82) is 0 Å². The summed E-state index contributed by atoms with van der Waals surface area (Å²) in [5.74, 6) is 0.638. The summed E-state index contributed by atoms with van der Waals surface area (Å²) in [6.45, 7) is 5.00. The van der Waals surface area contributed by atoms with Crippen molar-refractivity contribution in [3.8, 4) is 0 Å². The molecule has 0 aliphatic carbocycles. The van der Waals surface area contributed by atoms with Crippen LogP contribution in [-0.2, 0) is 19.4 Å². The average molecular weight is 246 g/mol. The maximum atomic E-state index is 5.84. The van der Waals surface area contributed by atoms with E-state index in [-0.39, 0.29) is 5.95 Å². The molecule has 0 saturated carbocycles. The van der Waals surface area contributed by atoms with Crippen LogP contribution < -0.4 is 11.5 Å².